The number of thiocarbonyl (C=S) groups is 1. The highest BCUT2D eigenvalue weighted by Crippen LogP contribution is 2.24. The number of pyridine rings is 1. The Labute approximate surface area is 197 Å². The Hall–Kier alpha value is -2.44. The number of hydrogen-bond donors (Lipinski definition) is 2. The van der Waals surface area contributed by atoms with Crippen molar-refractivity contribution in [3.05, 3.63) is 24.5 Å². The number of nitrogens with two attached hydrogens (primary N) is 1. The van der Waals surface area contributed by atoms with Gasteiger partial charge in [-0.2, -0.15) is 5.26 Å². The molecular weight excluding hydrogens is 422 g/mol. The van der Waals surface area contributed by atoms with Crippen LogP contribution in [0.2, 0.25) is 0 Å². The highest BCUT2D eigenvalue weighted by molar-refractivity contribution is 7.80. The van der Waals surface area contributed by atoms with E-state index in [1.54, 1.807) is 18.6 Å². The van der Waals surface area contributed by atoms with Gasteiger partial charge in [0, 0.05) is 38.2 Å². The first kappa shape index (κ1) is 25.8. The Morgan fingerprint density at radius 3 is 2.50 bits per heavy atom. The van der Waals surface area contributed by atoms with Crippen molar-refractivity contribution in [2.45, 2.75) is 64.2 Å². The zero-order chi connectivity index (χ0) is 23.0. The van der Waals surface area contributed by atoms with E-state index in [1.807, 2.05) is 29.1 Å². The lowest BCUT2D eigenvalue weighted by Gasteiger charge is -2.28. The summed E-state index contributed by atoms with van der Waals surface area (Å²) in [6.07, 6.45) is 17.0. The number of rotatable bonds is 12. The predicted octanol–water partition coefficient (Wildman–Crippen LogP) is 3.95. The van der Waals surface area contributed by atoms with Gasteiger partial charge in [0.2, 0.25) is 12.2 Å². The highest BCUT2D eigenvalue weighted by atomic mass is 32.1. The monoisotopic (exact) mass is 459 g/mol. The van der Waals surface area contributed by atoms with Crippen molar-refractivity contribution in [3.8, 4) is 6.19 Å². The summed E-state index contributed by atoms with van der Waals surface area (Å²) in [5.74, 6) is 0.872. The fourth-order valence-corrected chi connectivity index (χ4v) is 4.11. The Morgan fingerprint density at radius 1 is 1.19 bits per heavy atom. The molecule has 0 amide bonds. The van der Waals surface area contributed by atoms with Gasteiger partial charge >= 0.3 is 0 Å². The van der Waals surface area contributed by atoms with Crippen LogP contribution in [0.3, 0.4) is 0 Å². The molecule has 2 rings (SSSR count). The Balaban J connectivity index is 1.67. The second-order valence-electron chi connectivity index (χ2n) is 8.15. The van der Waals surface area contributed by atoms with E-state index >= 15 is 0 Å². The minimum Gasteiger partial charge on any atom is -0.369 e. The lowest BCUT2D eigenvalue weighted by atomic mass is 9.90. The van der Waals surface area contributed by atoms with E-state index in [9.17, 15) is 0 Å². The van der Waals surface area contributed by atoms with Crippen LogP contribution in [0.25, 0.3) is 0 Å². The van der Waals surface area contributed by atoms with E-state index in [2.05, 4.69) is 15.3 Å². The molecule has 3 N–H and O–H groups in total. The second-order valence-corrected chi connectivity index (χ2v) is 8.54. The number of aromatic nitrogens is 1. The number of nitrogens with one attached hydrogen (secondary N) is 1. The molecule has 0 bridgehead atoms. The number of nitrogens with zero attached hydrogens (tertiary/aromatic N) is 5. The van der Waals surface area contributed by atoms with Gasteiger partial charge in [-0.15, -0.1) is 4.99 Å². The molecule has 32 heavy (non-hydrogen) atoms. The van der Waals surface area contributed by atoms with Crippen LogP contribution in [0.1, 0.15) is 64.2 Å². The lowest BCUT2D eigenvalue weighted by molar-refractivity contribution is -0.117. The zero-order valence-electron chi connectivity index (χ0n) is 19.2. The lowest BCUT2D eigenvalue weighted by Crippen LogP contribution is -2.39. The molecule has 0 aromatic carbocycles. The molecule has 1 aromatic rings. The first-order chi connectivity index (χ1) is 15.7. The molecule has 0 atom stereocenters. The van der Waals surface area contributed by atoms with E-state index in [-0.39, 0.29) is 5.96 Å². The molecule has 9 heteroatoms. The molecule has 1 aliphatic rings. The smallest absolute Gasteiger partial charge is 0.211 e. The molecule has 1 saturated carbocycles. The number of aliphatic imine (C=N–C) groups is 1. The van der Waals surface area contributed by atoms with Crippen molar-refractivity contribution in [2.24, 2.45) is 16.6 Å². The normalized spacial score (nSPS) is 14.6. The van der Waals surface area contributed by atoms with Crippen molar-refractivity contribution in [1.29, 1.82) is 5.26 Å². The largest absolute Gasteiger partial charge is 0.369 e. The van der Waals surface area contributed by atoms with Crippen LogP contribution in [-0.4, -0.2) is 47.9 Å². The van der Waals surface area contributed by atoms with Crippen LogP contribution in [-0.2, 0) is 4.84 Å². The first-order valence-electron chi connectivity index (χ1n) is 11.7. The standard InChI is InChI=1S/C23H37N7OS/c1-26-23(32)30(31-18-20-10-6-5-7-11-20)17-9-4-2-3-8-16-29(22(25)28-19-24)21-12-14-27-15-13-21/h12-15,20H,2-11,16-18H2,1H3,(H2,25,28)(H,26,32). The number of hydroxylamine groups is 2. The van der Waals surface area contributed by atoms with Crippen molar-refractivity contribution >= 4 is 29.0 Å². The zero-order valence-corrected chi connectivity index (χ0v) is 20.0. The van der Waals surface area contributed by atoms with Crippen molar-refractivity contribution in [2.75, 3.05) is 31.6 Å². The van der Waals surface area contributed by atoms with E-state index in [0.717, 1.165) is 50.9 Å². The third-order valence-electron chi connectivity index (χ3n) is 5.79. The maximum Gasteiger partial charge on any atom is 0.211 e. The van der Waals surface area contributed by atoms with Gasteiger partial charge in [-0.05, 0) is 56.0 Å². The van der Waals surface area contributed by atoms with Crippen LogP contribution in [0.5, 0.6) is 0 Å². The summed E-state index contributed by atoms with van der Waals surface area (Å²) in [6.45, 7) is 2.27. The molecule has 1 heterocycles. The molecule has 1 aliphatic carbocycles. The summed E-state index contributed by atoms with van der Waals surface area (Å²) in [5.41, 5.74) is 6.87. The molecule has 0 aliphatic heterocycles. The van der Waals surface area contributed by atoms with Crippen LogP contribution in [0.15, 0.2) is 29.5 Å². The van der Waals surface area contributed by atoms with Gasteiger partial charge in [0.1, 0.15) is 0 Å². The van der Waals surface area contributed by atoms with E-state index in [0.29, 0.717) is 17.6 Å². The first-order valence-corrected chi connectivity index (χ1v) is 12.1. The highest BCUT2D eigenvalue weighted by Gasteiger charge is 2.17. The number of unbranched alkanes of at least 4 members (excludes halogenated alkanes) is 4. The van der Waals surface area contributed by atoms with E-state index < -0.39 is 0 Å². The molecular formula is C23H37N7OS. The average Bonchev–Trinajstić information content (AvgIpc) is 2.83. The molecule has 8 nitrogen and oxygen atoms in total. The van der Waals surface area contributed by atoms with Gasteiger partial charge < -0.3 is 16.0 Å². The summed E-state index contributed by atoms with van der Waals surface area (Å²) in [6, 6.07) is 3.73. The van der Waals surface area contributed by atoms with Crippen molar-refractivity contribution < 1.29 is 4.84 Å². The van der Waals surface area contributed by atoms with Gasteiger partial charge in [-0.25, -0.2) is 5.06 Å². The molecule has 0 unspecified atom stereocenters. The fraction of sp³-hybridized carbons (Fsp3) is 0.652. The van der Waals surface area contributed by atoms with Gasteiger partial charge in [0.05, 0.1) is 6.61 Å². The maximum atomic E-state index is 8.83. The van der Waals surface area contributed by atoms with Crippen molar-refractivity contribution in [1.82, 2.24) is 15.4 Å². The number of anilines is 1. The summed E-state index contributed by atoms with van der Waals surface area (Å²) < 4.78 is 0. The molecule has 0 spiro atoms. The van der Waals surface area contributed by atoms with E-state index in [4.69, 9.17) is 28.1 Å². The van der Waals surface area contributed by atoms with Crippen LogP contribution in [0.4, 0.5) is 5.69 Å². The number of guanidine groups is 1. The SMILES string of the molecule is CNC(=S)N(CCCCCCCN(C(N)=NC#N)c1ccncc1)OCC1CCCCC1. The predicted molar refractivity (Wildman–Crippen MR) is 133 cm³/mol. The average molecular weight is 460 g/mol. The minimum absolute atomic E-state index is 0.213. The Bertz CT molecular complexity index is 732. The topological polar surface area (TPSA) is 103 Å². The summed E-state index contributed by atoms with van der Waals surface area (Å²) in [7, 11) is 1.84. The fourth-order valence-electron chi connectivity index (χ4n) is 3.97. The summed E-state index contributed by atoms with van der Waals surface area (Å²) in [4.78, 5) is 15.6. The third-order valence-corrected chi connectivity index (χ3v) is 6.20. The second kappa shape index (κ2) is 15.4. The van der Waals surface area contributed by atoms with Gasteiger partial charge in [0.25, 0.3) is 0 Å². The third kappa shape index (κ3) is 9.37. The quantitative estimate of drug-likeness (QED) is 0.121. The molecule has 1 fully saturated rings. The van der Waals surface area contributed by atoms with Crippen molar-refractivity contribution in [3.63, 3.8) is 0 Å². The molecule has 176 valence electrons. The summed E-state index contributed by atoms with van der Waals surface area (Å²) in [5, 5.41) is 14.4. The summed E-state index contributed by atoms with van der Waals surface area (Å²) >= 11 is 5.42. The van der Waals surface area contributed by atoms with E-state index in [1.165, 1.54) is 32.1 Å². The minimum atomic E-state index is 0.213. The van der Waals surface area contributed by atoms with Crippen LogP contribution < -0.4 is 16.0 Å². The Kier molecular flexibility index (Phi) is 12.4. The van der Waals surface area contributed by atoms with Crippen LogP contribution >= 0.6 is 12.2 Å². The molecule has 1 aromatic heterocycles. The molecule has 0 saturated heterocycles. The van der Waals surface area contributed by atoms with Crippen LogP contribution in [0, 0.1) is 17.4 Å². The number of nitriles is 1. The van der Waals surface area contributed by atoms with Gasteiger partial charge in [0.15, 0.2) is 5.11 Å². The maximum absolute atomic E-state index is 8.83. The Morgan fingerprint density at radius 2 is 1.84 bits per heavy atom. The van der Waals surface area contributed by atoms with Gasteiger partial charge in [-0.3, -0.25) is 9.82 Å². The molecule has 0 radical (unpaired) electrons. The van der Waals surface area contributed by atoms with Gasteiger partial charge in [-0.1, -0.05) is 38.5 Å². The number of hydrogen-bond acceptors (Lipinski definition) is 5.